The van der Waals surface area contributed by atoms with Crippen LogP contribution in [0.4, 0.5) is 10.1 Å². The van der Waals surface area contributed by atoms with Crippen LogP contribution >= 0.6 is 11.6 Å². The minimum atomic E-state index is -0.843. The second-order valence-electron chi connectivity index (χ2n) is 5.54. The molecule has 1 aromatic rings. The lowest BCUT2D eigenvalue weighted by Gasteiger charge is -2.33. The number of aliphatic carboxylic acids is 1. The molecule has 1 atom stereocenters. The number of nitrogen functional groups attached to an aromatic ring is 1. The summed E-state index contributed by atoms with van der Waals surface area (Å²) in [5, 5.41) is 8.86. The molecular formula is C15H18ClFN2O3. The lowest BCUT2D eigenvalue weighted by molar-refractivity contribution is -0.137. The van der Waals surface area contributed by atoms with Crippen LogP contribution in [0.3, 0.4) is 0 Å². The molecule has 0 bridgehead atoms. The molecule has 1 aliphatic heterocycles. The SMILES string of the molecule is Nc1c(F)cc(Cl)cc1C(=O)N1CCCC(CCC(=O)O)C1. The molecule has 0 aliphatic carbocycles. The van der Waals surface area contributed by atoms with E-state index < -0.39 is 11.8 Å². The summed E-state index contributed by atoms with van der Waals surface area (Å²) in [6, 6.07) is 2.43. The van der Waals surface area contributed by atoms with Gasteiger partial charge in [0.15, 0.2) is 0 Å². The van der Waals surface area contributed by atoms with Gasteiger partial charge in [0.1, 0.15) is 5.82 Å². The van der Waals surface area contributed by atoms with E-state index in [1.165, 1.54) is 6.07 Å². The molecule has 0 spiro atoms. The smallest absolute Gasteiger partial charge is 0.303 e. The third-order valence-corrected chi connectivity index (χ3v) is 4.12. The molecule has 5 nitrogen and oxygen atoms in total. The number of hydrogen-bond acceptors (Lipinski definition) is 3. The topological polar surface area (TPSA) is 83.6 Å². The maximum atomic E-state index is 13.6. The summed E-state index contributed by atoms with van der Waals surface area (Å²) in [4.78, 5) is 24.8. The monoisotopic (exact) mass is 328 g/mol. The van der Waals surface area contributed by atoms with Gasteiger partial charge < -0.3 is 15.7 Å². The van der Waals surface area contributed by atoms with E-state index in [2.05, 4.69) is 0 Å². The average Bonchev–Trinajstić information content (AvgIpc) is 2.48. The van der Waals surface area contributed by atoms with E-state index in [9.17, 15) is 14.0 Å². The van der Waals surface area contributed by atoms with Crippen LogP contribution in [0.25, 0.3) is 0 Å². The Balaban J connectivity index is 2.10. The van der Waals surface area contributed by atoms with Gasteiger partial charge in [-0.2, -0.15) is 0 Å². The second kappa shape index (κ2) is 6.96. The van der Waals surface area contributed by atoms with Gasteiger partial charge in [0.05, 0.1) is 11.3 Å². The van der Waals surface area contributed by atoms with Gasteiger partial charge in [-0.3, -0.25) is 9.59 Å². The quantitative estimate of drug-likeness (QED) is 0.832. The molecule has 0 radical (unpaired) electrons. The number of halogens is 2. The van der Waals surface area contributed by atoms with Gasteiger partial charge in [-0.05, 0) is 37.3 Å². The number of amides is 1. The van der Waals surface area contributed by atoms with Crippen LogP contribution in [0.1, 0.15) is 36.0 Å². The molecule has 0 saturated carbocycles. The van der Waals surface area contributed by atoms with Gasteiger partial charge in [-0.1, -0.05) is 11.6 Å². The number of benzene rings is 1. The molecular weight excluding hydrogens is 311 g/mol. The van der Waals surface area contributed by atoms with Crippen LogP contribution in [-0.2, 0) is 4.79 Å². The lowest BCUT2D eigenvalue weighted by Crippen LogP contribution is -2.40. The summed E-state index contributed by atoms with van der Waals surface area (Å²) in [5.74, 6) is -1.78. The van der Waals surface area contributed by atoms with E-state index in [1.807, 2.05) is 0 Å². The van der Waals surface area contributed by atoms with E-state index in [1.54, 1.807) is 4.90 Å². The Kier molecular flexibility index (Phi) is 5.24. The van der Waals surface area contributed by atoms with Crippen molar-refractivity contribution in [2.45, 2.75) is 25.7 Å². The Hall–Kier alpha value is -1.82. The van der Waals surface area contributed by atoms with Crippen molar-refractivity contribution in [3.63, 3.8) is 0 Å². The number of rotatable bonds is 4. The molecule has 22 heavy (non-hydrogen) atoms. The molecule has 7 heteroatoms. The van der Waals surface area contributed by atoms with Gasteiger partial charge in [0, 0.05) is 24.5 Å². The number of carboxylic acid groups (broad SMARTS) is 1. The van der Waals surface area contributed by atoms with Gasteiger partial charge in [-0.25, -0.2) is 4.39 Å². The Morgan fingerprint density at radius 1 is 1.45 bits per heavy atom. The van der Waals surface area contributed by atoms with Crippen molar-refractivity contribution < 1.29 is 19.1 Å². The second-order valence-corrected chi connectivity index (χ2v) is 5.98. The molecule has 1 heterocycles. The number of carbonyl (C=O) groups is 2. The van der Waals surface area contributed by atoms with Crippen LogP contribution in [0, 0.1) is 11.7 Å². The van der Waals surface area contributed by atoms with Crippen molar-refractivity contribution in [1.82, 2.24) is 4.90 Å². The molecule has 3 N–H and O–H groups in total. The van der Waals surface area contributed by atoms with Crippen molar-refractivity contribution >= 4 is 29.2 Å². The molecule has 1 amide bonds. The molecule has 0 aromatic heterocycles. The van der Waals surface area contributed by atoms with Gasteiger partial charge in [0.2, 0.25) is 0 Å². The first kappa shape index (κ1) is 16.5. The third-order valence-electron chi connectivity index (χ3n) is 3.90. The van der Waals surface area contributed by atoms with Crippen molar-refractivity contribution in [3.8, 4) is 0 Å². The first-order valence-electron chi connectivity index (χ1n) is 7.14. The molecule has 1 aliphatic rings. The third kappa shape index (κ3) is 3.88. The normalized spacial score (nSPS) is 18.3. The molecule has 1 aromatic carbocycles. The van der Waals surface area contributed by atoms with E-state index in [0.717, 1.165) is 18.9 Å². The summed E-state index contributed by atoms with van der Waals surface area (Å²) in [7, 11) is 0. The zero-order valence-electron chi connectivity index (χ0n) is 12.0. The van der Waals surface area contributed by atoms with Crippen molar-refractivity contribution in [2.24, 2.45) is 5.92 Å². The number of likely N-dealkylation sites (tertiary alicyclic amines) is 1. The molecule has 1 unspecified atom stereocenters. The Labute approximate surface area is 132 Å². The maximum Gasteiger partial charge on any atom is 0.303 e. The van der Waals surface area contributed by atoms with Crippen LogP contribution in [-0.4, -0.2) is 35.0 Å². The van der Waals surface area contributed by atoms with Crippen molar-refractivity contribution in [3.05, 3.63) is 28.5 Å². The number of carbonyl (C=O) groups excluding carboxylic acids is 1. The van der Waals surface area contributed by atoms with E-state index in [-0.39, 0.29) is 34.5 Å². The Morgan fingerprint density at radius 2 is 2.18 bits per heavy atom. The van der Waals surface area contributed by atoms with Gasteiger partial charge in [-0.15, -0.1) is 0 Å². The minimum Gasteiger partial charge on any atom is -0.481 e. The first-order chi connectivity index (χ1) is 10.4. The van der Waals surface area contributed by atoms with E-state index in [0.29, 0.717) is 19.5 Å². The molecule has 1 fully saturated rings. The summed E-state index contributed by atoms with van der Waals surface area (Å²) in [6.07, 6.45) is 2.29. The summed E-state index contributed by atoms with van der Waals surface area (Å²) < 4.78 is 13.6. The number of hydrogen-bond donors (Lipinski definition) is 2. The Morgan fingerprint density at radius 3 is 2.86 bits per heavy atom. The highest BCUT2D eigenvalue weighted by atomic mass is 35.5. The molecule has 2 rings (SSSR count). The number of piperidine rings is 1. The maximum absolute atomic E-state index is 13.6. The summed E-state index contributed by atoms with van der Waals surface area (Å²) >= 11 is 5.79. The van der Waals surface area contributed by atoms with Crippen molar-refractivity contribution in [1.29, 1.82) is 0 Å². The van der Waals surface area contributed by atoms with Crippen LogP contribution in [0.15, 0.2) is 12.1 Å². The van der Waals surface area contributed by atoms with Crippen LogP contribution in [0.2, 0.25) is 5.02 Å². The lowest BCUT2D eigenvalue weighted by atomic mass is 9.93. The standard InChI is InChI=1S/C15H18ClFN2O3/c16-10-6-11(14(18)12(17)7-10)15(22)19-5-1-2-9(8-19)3-4-13(20)21/h6-7,9H,1-5,8,18H2,(H,20,21). The average molecular weight is 329 g/mol. The molecule has 1 saturated heterocycles. The largest absolute Gasteiger partial charge is 0.481 e. The van der Waals surface area contributed by atoms with Crippen molar-refractivity contribution in [2.75, 3.05) is 18.8 Å². The highest BCUT2D eigenvalue weighted by Gasteiger charge is 2.26. The molecule has 120 valence electrons. The predicted octanol–water partition coefficient (Wildman–Crippen LogP) is 2.78. The van der Waals surface area contributed by atoms with Gasteiger partial charge >= 0.3 is 5.97 Å². The fraction of sp³-hybridized carbons (Fsp3) is 0.467. The fourth-order valence-electron chi connectivity index (χ4n) is 2.74. The number of nitrogens with two attached hydrogens (primary N) is 1. The first-order valence-corrected chi connectivity index (χ1v) is 7.52. The predicted molar refractivity (Wildman–Crippen MR) is 81.3 cm³/mol. The zero-order valence-corrected chi connectivity index (χ0v) is 12.8. The van der Waals surface area contributed by atoms with E-state index >= 15 is 0 Å². The number of anilines is 1. The number of nitrogens with zero attached hydrogens (tertiary/aromatic N) is 1. The van der Waals surface area contributed by atoms with Gasteiger partial charge in [0.25, 0.3) is 5.91 Å². The van der Waals surface area contributed by atoms with Crippen LogP contribution < -0.4 is 5.73 Å². The minimum absolute atomic E-state index is 0.0592. The van der Waals surface area contributed by atoms with E-state index in [4.69, 9.17) is 22.4 Å². The highest BCUT2D eigenvalue weighted by Crippen LogP contribution is 2.27. The summed E-state index contributed by atoms with van der Waals surface area (Å²) in [6.45, 7) is 1.01. The highest BCUT2D eigenvalue weighted by molar-refractivity contribution is 6.31. The zero-order chi connectivity index (χ0) is 16.3. The Bertz CT molecular complexity index is 594. The fourth-order valence-corrected chi connectivity index (χ4v) is 2.95. The number of carboxylic acids is 1. The van der Waals surface area contributed by atoms with Crippen LogP contribution in [0.5, 0.6) is 0 Å². The summed E-state index contributed by atoms with van der Waals surface area (Å²) in [5.41, 5.74) is 5.49.